The average molecular weight is 166 g/mol. The molecule has 0 aliphatic heterocycles. The molecule has 2 saturated carbocycles. The van der Waals surface area contributed by atoms with E-state index in [9.17, 15) is 0 Å². The highest BCUT2D eigenvalue weighted by molar-refractivity contribution is 5.26. The molecule has 0 heterocycles. The van der Waals surface area contributed by atoms with E-state index in [0.29, 0.717) is 0 Å². The molecule has 0 aromatic heterocycles. The first-order valence-corrected chi connectivity index (χ1v) is 5.59. The number of hydrogen-bond acceptors (Lipinski definition) is 0. The van der Waals surface area contributed by atoms with E-state index in [1.165, 1.54) is 19.3 Å². The molecule has 0 N–H and O–H groups in total. The second-order valence-electron chi connectivity index (χ2n) is 5.50. The standard InChI is InChI=1S/C12H22/c1-5-6-11(9(2)3)8-12(11)7-10(12)4/h9-10H,5-8H2,1-4H3. The first kappa shape index (κ1) is 8.59. The van der Waals surface area contributed by atoms with E-state index in [1.807, 2.05) is 0 Å². The van der Waals surface area contributed by atoms with Crippen LogP contribution in [0.3, 0.4) is 0 Å². The fourth-order valence-corrected chi connectivity index (χ4v) is 3.80. The van der Waals surface area contributed by atoms with Crippen molar-refractivity contribution in [3.63, 3.8) is 0 Å². The van der Waals surface area contributed by atoms with Crippen molar-refractivity contribution in [2.24, 2.45) is 22.7 Å². The van der Waals surface area contributed by atoms with Crippen molar-refractivity contribution in [1.29, 1.82) is 0 Å². The molecule has 12 heavy (non-hydrogen) atoms. The first-order valence-electron chi connectivity index (χ1n) is 5.59. The van der Waals surface area contributed by atoms with Gasteiger partial charge in [-0.2, -0.15) is 0 Å². The van der Waals surface area contributed by atoms with Crippen LogP contribution in [0.4, 0.5) is 0 Å². The molecule has 0 heteroatoms. The van der Waals surface area contributed by atoms with Gasteiger partial charge in [-0.25, -0.2) is 0 Å². The van der Waals surface area contributed by atoms with Gasteiger partial charge in [-0.05, 0) is 41.9 Å². The Morgan fingerprint density at radius 2 is 2.00 bits per heavy atom. The maximum Gasteiger partial charge on any atom is -0.0204 e. The molecule has 0 nitrogen and oxygen atoms in total. The van der Waals surface area contributed by atoms with Gasteiger partial charge in [0.05, 0.1) is 0 Å². The molecule has 2 aliphatic carbocycles. The Morgan fingerprint density at radius 1 is 1.42 bits per heavy atom. The Labute approximate surface area is 76.7 Å². The van der Waals surface area contributed by atoms with Gasteiger partial charge in [-0.15, -0.1) is 0 Å². The van der Waals surface area contributed by atoms with E-state index in [1.54, 1.807) is 6.42 Å². The third-order valence-corrected chi connectivity index (χ3v) is 4.75. The van der Waals surface area contributed by atoms with Crippen molar-refractivity contribution < 1.29 is 0 Å². The first-order chi connectivity index (χ1) is 5.59. The maximum absolute atomic E-state index is 2.44. The maximum atomic E-state index is 2.44. The molecule has 1 spiro atoms. The van der Waals surface area contributed by atoms with Crippen LogP contribution in [0, 0.1) is 22.7 Å². The highest BCUT2D eigenvalue weighted by Crippen LogP contribution is 2.85. The van der Waals surface area contributed by atoms with E-state index in [4.69, 9.17) is 0 Å². The Hall–Kier alpha value is 0. The van der Waals surface area contributed by atoms with Crippen LogP contribution in [0.15, 0.2) is 0 Å². The molecule has 0 bridgehead atoms. The Balaban J connectivity index is 2.08. The summed E-state index contributed by atoms with van der Waals surface area (Å²) in [5, 5.41) is 0. The van der Waals surface area contributed by atoms with Crippen LogP contribution in [0.5, 0.6) is 0 Å². The van der Waals surface area contributed by atoms with Gasteiger partial charge < -0.3 is 0 Å². The van der Waals surface area contributed by atoms with Crippen molar-refractivity contribution in [2.45, 2.75) is 53.4 Å². The Morgan fingerprint density at radius 3 is 2.25 bits per heavy atom. The van der Waals surface area contributed by atoms with Gasteiger partial charge in [0.25, 0.3) is 0 Å². The van der Waals surface area contributed by atoms with Crippen molar-refractivity contribution in [2.75, 3.05) is 0 Å². The summed E-state index contributed by atoms with van der Waals surface area (Å²) in [7, 11) is 0. The minimum Gasteiger partial charge on any atom is -0.0654 e. The Bertz CT molecular complexity index is 190. The van der Waals surface area contributed by atoms with E-state index in [0.717, 1.165) is 22.7 Å². The van der Waals surface area contributed by atoms with Crippen molar-refractivity contribution in [1.82, 2.24) is 0 Å². The van der Waals surface area contributed by atoms with E-state index in [2.05, 4.69) is 27.7 Å². The monoisotopic (exact) mass is 166 g/mol. The van der Waals surface area contributed by atoms with Crippen molar-refractivity contribution in [3.8, 4) is 0 Å². The summed E-state index contributed by atoms with van der Waals surface area (Å²) < 4.78 is 0. The van der Waals surface area contributed by atoms with Gasteiger partial charge in [0, 0.05) is 0 Å². The zero-order chi connectivity index (χ0) is 8.98. The molecule has 3 atom stereocenters. The number of rotatable bonds is 3. The molecular formula is C12H22. The smallest absolute Gasteiger partial charge is 0.0204 e. The summed E-state index contributed by atoms with van der Waals surface area (Å²) >= 11 is 0. The minimum absolute atomic E-state index is 0.779. The van der Waals surface area contributed by atoms with Gasteiger partial charge >= 0.3 is 0 Å². The molecule has 0 saturated heterocycles. The van der Waals surface area contributed by atoms with Gasteiger partial charge in [0.15, 0.2) is 0 Å². The lowest BCUT2D eigenvalue weighted by Crippen LogP contribution is -2.13. The average Bonchev–Trinajstić information content (AvgIpc) is 2.78. The van der Waals surface area contributed by atoms with Gasteiger partial charge in [0.2, 0.25) is 0 Å². The zero-order valence-corrected chi connectivity index (χ0v) is 8.98. The van der Waals surface area contributed by atoms with Crippen LogP contribution in [0.2, 0.25) is 0 Å². The highest BCUT2D eigenvalue weighted by atomic mass is 14.8. The third kappa shape index (κ3) is 0.791. The van der Waals surface area contributed by atoms with Crippen LogP contribution in [0.1, 0.15) is 53.4 Å². The van der Waals surface area contributed by atoms with Crippen LogP contribution in [0.25, 0.3) is 0 Å². The topological polar surface area (TPSA) is 0 Å². The quantitative estimate of drug-likeness (QED) is 0.597. The summed E-state index contributed by atoms with van der Waals surface area (Å²) in [6, 6.07) is 0. The van der Waals surface area contributed by atoms with Crippen LogP contribution in [-0.4, -0.2) is 0 Å². The molecule has 2 rings (SSSR count). The largest absolute Gasteiger partial charge is 0.0654 e. The molecule has 0 aromatic rings. The summed E-state index contributed by atoms with van der Waals surface area (Å²) in [5.74, 6) is 1.97. The second-order valence-corrected chi connectivity index (χ2v) is 5.50. The lowest BCUT2D eigenvalue weighted by molar-refractivity contribution is 0.282. The van der Waals surface area contributed by atoms with Crippen LogP contribution < -0.4 is 0 Å². The van der Waals surface area contributed by atoms with E-state index in [-0.39, 0.29) is 0 Å². The highest BCUT2D eigenvalue weighted by Gasteiger charge is 2.77. The summed E-state index contributed by atoms with van der Waals surface area (Å²) in [6.45, 7) is 9.63. The summed E-state index contributed by atoms with van der Waals surface area (Å²) in [5.41, 5.74) is 1.62. The molecule has 2 fully saturated rings. The van der Waals surface area contributed by atoms with Crippen molar-refractivity contribution in [3.05, 3.63) is 0 Å². The van der Waals surface area contributed by atoms with E-state index >= 15 is 0 Å². The zero-order valence-electron chi connectivity index (χ0n) is 8.98. The Kier molecular flexibility index (Phi) is 1.63. The van der Waals surface area contributed by atoms with Crippen LogP contribution in [-0.2, 0) is 0 Å². The lowest BCUT2D eigenvalue weighted by atomic mass is 9.84. The summed E-state index contributed by atoms with van der Waals surface area (Å²) in [6.07, 6.45) is 5.94. The van der Waals surface area contributed by atoms with Gasteiger partial charge in [-0.3, -0.25) is 0 Å². The normalized spacial score (nSPS) is 50.2. The van der Waals surface area contributed by atoms with Gasteiger partial charge in [0.1, 0.15) is 0 Å². The minimum atomic E-state index is 0.779. The molecule has 0 radical (unpaired) electrons. The predicted octanol–water partition coefficient (Wildman–Crippen LogP) is 3.86. The fraction of sp³-hybridized carbons (Fsp3) is 1.00. The SMILES string of the molecule is CCCC1(C(C)C)CC12CC2C. The van der Waals surface area contributed by atoms with Crippen LogP contribution >= 0.6 is 0 Å². The predicted molar refractivity (Wildman–Crippen MR) is 53.0 cm³/mol. The number of hydrogen-bond donors (Lipinski definition) is 0. The molecule has 3 unspecified atom stereocenters. The summed E-state index contributed by atoms with van der Waals surface area (Å²) in [4.78, 5) is 0. The third-order valence-electron chi connectivity index (χ3n) is 4.75. The van der Waals surface area contributed by atoms with Gasteiger partial charge in [-0.1, -0.05) is 34.1 Å². The second kappa shape index (κ2) is 2.27. The lowest BCUT2D eigenvalue weighted by Gasteiger charge is -2.21. The van der Waals surface area contributed by atoms with E-state index < -0.39 is 0 Å². The molecule has 0 amide bonds. The van der Waals surface area contributed by atoms with Crippen molar-refractivity contribution >= 4 is 0 Å². The molecule has 0 aromatic carbocycles. The fourth-order valence-electron chi connectivity index (χ4n) is 3.80. The molecular weight excluding hydrogens is 144 g/mol. The molecule has 2 aliphatic rings. The molecule has 70 valence electrons.